The smallest absolute Gasteiger partial charge is 0.145 e. The Kier molecular flexibility index (Phi) is 18.7. The molecule has 6 aromatic carbocycles. The summed E-state index contributed by atoms with van der Waals surface area (Å²) in [5.74, 6) is 0.651. The first-order chi connectivity index (χ1) is 30.1. The second-order valence-electron chi connectivity index (χ2n) is 13.4. The average molecular weight is 898 g/mol. The second kappa shape index (κ2) is 24.3. The van der Waals surface area contributed by atoms with E-state index in [0.29, 0.717) is 34.1 Å². The molecular formula is C46H50CoN10O6. The van der Waals surface area contributed by atoms with Gasteiger partial charge in [-0.1, -0.05) is 12.1 Å². The van der Waals surface area contributed by atoms with Crippen LogP contribution in [-0.4, -0.2) is 58.8 Å². The van der Waals surface area contributed by atoms with Crippen LogP contribution in [-0.2, 0) is 23.4 Å². The minimum absolute atomic E-state index is 0. The number of aliphatic hydroxyl groups is 1. The van der Waals surface area contributed by atoms with Gasteiger partial charge in [0.2, 0.25) is 0 Å². The van der Waals surface area contributed by atoms with Crippen molar-refractivity contribution in [2.45, 2.75) is 34.3 Å². The van der Waals surface area contributed by atoms with E-state index in [-0.39, 0.29) is 57.8 Å². The number of hydrogen-bond donors (Lipinski definition) is 5. The van der Waals surface area contributed by atoms with Crippen LogP contribution in [0.3, 0.4) is 0 Å². The zero-order valence-corrected chi connectivity index (χ0v) is 36.6. The molecule has 16 nitrogen and oxygen atoms in total. The maximum absolute atomic E-state index is 10.3. The standard InChI is InChI=1S/2C23H25N5O3.Co/c1-4-28(5-2)18-9-12-20(23(30)15-18)26-27-21-14-17(8-13-22(21)29)25-24-16-6-10-19(31-3)11-7-16;1-3-28(4-2)19-10-11-20(23(31)14-19)26-27-21-13-18(9-12-22(21)30)25-24-17-7-5-16(15-29)6-8-17;/h6-15,29-30H,4-5H2,1-3H3;5-14,29-31H,3-4,15H2,1-2H3;. The molecule has 0 aliphatic carbocycles. The van der Waals surface area contributed by atoms with Crippen LogP contribution in [0.15, 0.2) is 162 Å². The Labute approximate surface area is 376 Å². The molecule has 17 heteroatoms. The van der Waals surface area contributed by atoms with E-state index in [1.807, 2.05) is 26.0 Å². The minimum atomic E-state index is -0.0609. The maximum atomic E-state index is 10.3. The molecule has 6 rings (SSSR count). The van der Waals surface area contributed by atoms with Crippen molar-refractivity contribution in [3.8, 4) is 28.7 Å². The quantitative estimate of drug-likeness (QED) is 0.0588. The van der Waals surface area contributed by atoms with E-state index in [2.05, 4.69) is 64.6 Å². The molecule has 0 aliphatic heterocycles. The summed E-state index contributed by atoms with van der Waals surface area (Å²) in [6.45, 7) is 11.5. The molecule has 0 aliphatic rings. The van der Waals surface area contributed by atoms with Crippen LogP contribution in [0.25, 0.3) is 0 Å². The number of hydrogen-bond acceptors (Lipinski definition) is 16. The summed E-state index contributed by atoms with van der Waals surface area (Å²) >= 11 is 0. The Morgan fingerprint density at radius 1 is 0.413 bits per heavy atom. The van der Waals surface area contributed by atoms with E-state index >= 15 is 0 Å². The molecule has 0 spiro atoms. The van der Waals surface area contributed by atoms with Crippen LogP contribution in [0.1, 0.15) is 33.3 Å². The van der Waals surface area contributed by atoms with Crippen molar-refractivity contribution in [1.82, 2.24) is 0 Å². The largest absolute Gasteiger partial charge is 0.506 e. The molecule has 0 saturated heterocycles. The van der Waals surface area contributed by atoms with Crippen molar-refractivity contribution in [3.63, 3.8) is 0 Å². The third-order valence-corrected chi connectivity index (χ3v) is 9.38. The van der Waals surface area contributed by atoms with Gasteiger partial charge >= 0.3 is 0 Å². The fourth-order valence-electron chi connectivity index (χ4n) is 5.84. The number of aliphatic hydroxyl groups excluding tert-OH is 1. The van der Waals surface area contributed by atoms with E-state index < -0.39 is 0 Å². The summed E-state index contributed by atoms with van der Waals surface area (Å²) in [4.78, 5) is 4.22. The van der Waals surface area contributed by atoms with Gasteiger partial charge in [-0.15, -0.1) is 20.5 Å². The van der Waals surface area contributed by atoms with Crippen LogP contribution in [0.2, 0.25) is 0 Å². The van der Waals surface area contributed by atoms with Gasteiger partial charge in [-0.25, -0.2) is 0 Å². The number of nitrogens with zero attached hydrogens (tertiary/aromatic N) is 10. The number of ether oxygens (including phenoxy) is 1. The molecule has 1 radical (unpaired) electrons. The molecule has 0 unspecified atom stereocenters. The summed E-state index contributed by atoms with van der Waals surface area (Å²) in [6, 6.07) is 33.9. The molecule has 0 saturated carbocycles. The van der Waals surface area contributed by atoms with Crippen molar-refractivity contribution in [1.29, 1.82) is 0 Å². The average Bonchev–Trinajstić information content (AvgIpc) is 3.30. The zero-order chi connectivity index (χ0) is 44.4. The Balaban J connectivity index is 0.000000272. The van der Waals surface area contributed by atoms with Crippen LogP contribution >= 0.6 is 0 Å². The molecule has 0 amide bonds. The third kappa shape index (κ3) is 13.9. The predicted molar refractivity (Wildman–Crippen MR) is 242 cm³/mol. The van der Waals surface area contributed by atoms with E-state index in [0.717, 1.165) is 48.9 Å². The summed E-state index contributed by atoms with van der Waals surface area (Å²) in [6.07, 6.45) is 0. The van der Waals surface area contributed by atoms with Crippen LogP contribution in [0, 0.1) is 0 Å². The summed E-state index contributed by atoms with van der Waals surface area (Å²) in [7, 11) is 1.60. The minimum Gasteiger partial charge on any atom is -0.506 e. The first-order valence-corrected chi connectivity index (χ1v) is 19.9. The van der Waals surface area contributed by atoms with Gasteiger partial charge in [0.25, 0.3) is 0 Å². The van der Waals surface area contributed by atoms with Gasteiger partial charge in [-0.3, -0.25) is 0 Å². The summed E-state index contributed by atoms with van der Waals surface area (Å²) in [5, 5.41) is 82.8. The number of benzene rings is 6. The number of aromatic hydroxyl groups is 4. The number of anilines is 2. The monoisotopic (exact) mass is 897 g/mol. The van der Waals surface area contributed by atoms with Gasteiger partial charge in [0.05, 0.1) is 36.5 Å². The fourth-order valence-corrected chi connectivity index (χ4v) is 5.84. The molecule has 5 N–H and O–H groups in total. The van der Waals surface area contributed by atoms with Crippen molar-refractivity contribution in [2.75, 3.05) is 43.1 Å². The fraction of sp³-hybridized carbons (Fsp3) is 0.217. The Bertz CT molecular complexity index is 2340. The Morgan fingerprint density at radius 3 is 1.14 bits per heavy atom. The van der Waals surface area contributed by atoms with E-state index in [1.165, 1.54) is 12.1 Å². The summed E-state index contributed by atoms with van der Waals surface area (Å²) < 4.78 is 5.12. The van der Waals surface area contributed by atoms with Crippen molar-refractivity contribution < 1.29 is 47.0 Å². The van der Waals surface area contributed by atoms with E-state index in [1.54, 1.807) is 104 Å². The van der Waals surface area contributed by atoms with Gasteiger partial charge in [0.1, 0.15) is 51.5 Å². The van der Waals surface area contributed by atoms with E-state index in [9.17, 15) is 20.4 Å². The van der Waals surface area contributed by atoms with Gasteiger partial charge in [-0.05, 0) is 130 Å². The number of methoxy groups -OCH3 is 1. The van der Waals surface area contributed by atoms with Crippen molar-refractivity contribution >= 4 is 56.9 Å². The molecule has 6 aromatic rings. The van der Waals surface area contributed by atoms with Crippen LogP contribution in [0.5, 0.6) is 28.7 Å². The number of azo groups is 4. The molecule has 0 atom stereocenters. The first-order valence-electron chi connectivity index (χ1n) is 19.9. The van der Waals surface area contributed by atoms with Gasteiger partial charge in [-0.2, -0.15) is 20.5 Å². The number of rotatable bonds is 16. The van der Waals surface area contributed by atoms with Crippen molar-refractivity contribution in [3.05, 3.63) is 127 Å². The molecule has 0 fully saturated rings. The maximum Gasteiger partial charge on any atom is 0.145 e. The normalized spacial score (nSPS) is 11.2. The topological polar surface area (TPSA) is 216 Å². The second-order valence-corrected chi connectivity index (χ2v) is 13.4. The zero-order valence-electron chi connectivity index (χ0n) is 35.5. The Morgan fingerprint density at radius 2 is 0.778 bits per heavy atom. The van der Waals surface area contributed by atoms with Crippen molar-refractivity contribution in [2.24, 2.45) is 40.9 Å². The molecule has 0 bridgehead atoms. The molecule has 63 heavy (non-hydrogen) atoms. The first kappa shape index (κ1) is 48.5. The summed E-state index contributed by atoms with van der Waals surface area (Å²) in [5.41, 5.74) is 5.91. The molecule has 0 heterocycles. The van der Waals surface area contributed by atoms with Crippen LogP contribution < -0.4 is 14.5 Å². The van der Waals surface area contributed by atoms with E-state index in [4.69, 9.17) is 9.84 Å². The number of phenols is 4. The van der Waals surface area contributed by atoms with Gasteiger partial charge < -0.3 is 40.1 Å². The molecule has 0 aromatic heterocycles. The van der Waals surface area contributed by atoms with Gasteiger partial charge in [0.15, 0.2) is 0 Å². The number of phenolic OH excluding ortho intramolecular Hbond substituents is 4. The molecular weight excluding hydrogens is 848 g/mol. The van der Waals surface area contributed by atoms with Gasteiger partial charge in [0, 0.05) is 66.5 Å². The predicted octanol–water partition coefficient (Wildman–Crippen LogP) is 13.0. The van der Waals surface area contributed by atoms with Crippen LogP contribution in [0.4, 0.5) is 56.9 Å². The third-order valence-electron chi connectivity index (χ3n) is 9.38. The molecule has 329 valence electrons. The SMILES string of the molecule is CCN(CC)c1ccc(N=Nc2cc(N=Nc3ccc(CO)cc3)ccc2O)c(O)c1.CCN(CC)c1ccc(N=Nc2cc(N=Nc3ccc(OC)cc3)ccc2O)c(O)c1.[Co]. The Hall–Kier alpha value is -7.21.